The number of hydrogen-bond donors (Lipinski definition) is 3. The molecule has 31 heavy (non-hydrogen) atoms. The number of benzene rings is 2. The van der Waals surface area contributed by atoms with E-state index in [1.807, 2.05) is 0 Å². The van der Waals surface area contributed by atoms with Gasteiger partial charge in [0.1, 0.15) is 10.6 Å². The second-order valence-corrected chi connectivity index (χ2v) is 9.66. The van der Waals surface area contributed by atoms with Crippen LogP contribution in [0.15, 0.2) is 61.2 Å². The first-order chi connectivity index (χ1) is 14.3. The highest BCUT2D eigenvalue weighted by atomic mass is 35.5. The molecule has 0 saturated carbocycles. The third-order valence-electron chi connectivity index (χ3n) is 4.19. The monoisotopic (exact) mass is 486 g/mol. The van der Waals surface area contributed by atoms with Gasteiger partial charge >= 0.3 is 0 Å². The highest BCUT2D eigenvalue weighted by molar-refractivity contribution is 7.86. The molecule has 0 spiro atoms. The topological polar surface area (TPSA) is 171 Å². The second-order valence-electron chi connectivity index (χ2n) is 6.44. The van der Waals surface area contributed by atoms with Crippen LogP contribution in [-0.2, 0) is 20.2 Å². The van der Waals surface area contributed by atoms with Crippen LogP contribution in [0.4, 0.5) is 11.4 Å². The van der Waals surface area contributed by atoms with E-state index in [0.29, 0.717) is 5.56 Å². The average molecular weight is 487 g/mol. The lowest BCUT2D eigenvalue weighted by Gasteiger charge is -2.05. The summed E-state index contributed by atoms with van der Waals surface area (Å²) < 4.78 is 65.5. The molecule has 0 unspecified atom stereocenters. The largest absolute Gasteiger partial charge is 0.299 e. The Kier molecular flexibility index (Phi) is 5.90. The van der Waals surface area contributed by atoms with E-state index in [4.69, 9.17) is 11.6 Å². The second kappa shape index (κ2) is 8.01. The minimum atomic E-state index is -4.66. The first-order valence-electron chi connectivity index (χ1n) is 8.38. The molecule has 0 fully saturated rings. The maximum atomic E-state index is 12.8. The van der Waals surface area contributed by atoms with E-state index in [-0.39, 0.29) is 27.8 Å². The molecule has 14 heteroatoms. The van der Waals surface area contributed by atoms with Gasteiger partial charge in [0.2, 0.25) is 0 Å². The van der Waals surface area contributed by atoms with Gasteiger partial charge in [-0.15, -0.1) is 10.2 Å². The Bertz CT molecular complexity index is 1490. The van der Waals surface area contributed by atoms with Gasteiger partial charge in [0.15, 0.2) is 5.69 Å². The summed E-state index contributed by atoms with van der Waals surface area (Å²) >= 11 is 5.91. The predicted molar refractivity (Wildman–Crippen MR) is 111 cm³/mol. The quantitative estimate of drug-likeness (QED) is 0.366. The van der Waals surface area contributed by atoms with E-state index in [0.717, 1.165) is 22.9 Å². The van der Waals surface area contributed by atoms with Crippen LogP contribution in [0.1, 0.15) is 11.3 Å². The maximum Gasteiger partial charge on any atom is 0.299 e. The zero-order valence-corrected chi connectivity index (χ0v) is 18.3. The minimum absolute atomic E-state index is 0.0884. The van der Waals surface area contributed by atoms with E-state index in [9.17, 15) is 30.7 Å². The first-order valence-corrected chi connectivity index (χ1v) is 11.6. The van der Waals surface area contributed by atoms with Gasteiger partial charge in [-0.1, -0.05) is 17.7 Å². The molecule has 3 rings (SSSR count). The van der Waals surface area contributed by atoms with Gasteiger partial charge in [0.05, 0.1) is 16.3 Å². The fraction of sp³-hybridized carbons (Fsp3) is 0.118. The summed E-state index contributed by atoms with van der Waals surface area (Å²) in [6.45, 7) is 3.08. The van der Waals surface area contributed by atoms with Gasteiger partial charge in [-0.25, -0.2) is 4.68 Å². The zero-order chi connectivity index (χ0) is 23.1. The molecular formula is C17H15ClN4O7S2. The standard InChI is InChI=1S/C17H15ClN4O7S2/c1-9-6-14(15(8-13(9)18)31(27,28)29)19-20-16-10(2)21-22(17(16)23)11-4-3-5-12(7-11)30(24,25)26/h3-8,21H,1-2H3,(H,24,25,26)(H,27,28,29). The summed E-state index contributed by atoms with van der Waals surface area (Å²) in [5.74, 6) is 0. The van der Waals surface area contributed by atoms with Crippen LogP contribution in [0.3, 0.4) is 0 Å². The van der Waals surface area contributed by atoms with Gasteiger partial charge in [0.25, 0.3) is 25.8 Å². The smallest absolute Gasteiger partial charge is 0.293 e. The normalized spacial score (nSPS) is 12.5. The fourth-order valence-corrected chi connectivity index (χ4v) is 4.04. The van der Waals surface area contributed by atoms with Crippen LogP contribution in [0.2, 0.25) is 5.02 Å². The lowest BCUT2D eigenvalue weighted by Crippen LogP contribution is -2.14. The van der Waals surface area contributed by atoms with Crippen molar-refractivity contribution in [2.45, 2.75) is 23.6 Å². The molecule has 0 saturated heterocycles. The zero-order valence-electron chi connectivity index (χ0n) is 15.9. The van der Waals surface area contributed by atoms with Gasteiger partial charge in [-0.3, -0.25) is 19.0 Å². The summed E-state index contributed by atoms with van der Waals surface area (Å²) in [6, 6.07) is 7.28. The summed E-state index contributed by atoms with van der Waals surface area (Å²) in [4.78, 5) is 11.8. The number of nitrogens with one attached hydrogen (secondary N) is 1. The molecule has 0 amide bonds. The van der Waals surface area contributed by atoms with E-state index >= 15 is 0 Å². The van der Waals surface area contributed by atoms with Gasteiger partial charge in [-0.2, -0.15) is 16.8 Å². The molecule has 3 N–H and O–H groups in total. The molecule has 0 aliphatic carbocycles. The third-order valence-corrected chi connectivity index (χ3v) is 6.33. The van der Waals surface area contributed by atoms with Crippen molar-refractivity contribution in [2.75, 3.05) is 0 Å². The van der Waals surface area contributed by atoms with Crippen molar-refractivity contribution in [3.05, 3.63) is 63.0 Å². The first kappa shape index (κ1) is 22.8. The van der Waals surface area contributed by atoms with E-state index < -0.39 is 35.6 Å². The number of aryl methyl sites for hydroxylation is 2. The van der Waals surface area contributed by atoms with E-state index in [1.54, 1.807) is 6.92 Å². The van der Waals surface area contributed by atoms with E-state index in [1.165, 1.54) is 25.1 Å². The molecule has 0 bridgehead atoms. The lowest BCUT2D eigenvalue weighted by atomic mass is 10.2. The third kappa shape index (κ3) is 4.75. The number of rotatable bonds is 5. The molecule has 1 heterocycles. The highest BCUT2D eigenvalue weighted by Crippen LogP contribution is 2.31. The van der Waals surface area contributed by atoms with Crippen molar-refractivity contribution in [1.82, 2.24) is 9.78 Å². The number of aromatic amines is 1. The summed E-state index contributed by atoms with van der Waals surface area (Å²) in [6.07, 6.45) is 0. The number of nitrogens with zero attached hydrogens (tertiary/aromatic N) is 3. The van der Waals surface area contributed by atoms with Crippen LogP contribution >= 0.6 is 11.6 Å². The Hall–Kier alpha value is -2.84. The number of aromatic nitrogens is 2. The molecule has 164 valence electrons. The SMILES string of the molecule is Cc1cc(N=Nc2c(C)[nH]n(-c3cccc(S(=O)(=O)O)c3)c2=O)c(S(=O)(=O)O)cc1Cl. The van der Waals surface area contributed by atoms with Gasteiger partial charge in [-0.05, 0) is 49.7 Å². The number of H-pyrrole nitrogens is 1. The highest BCUT2D eigenvalue weighted by Gasteiger charge is 2.19. The maximum absolute atomic E-state index is 12.8. The summed E-state index contributed by atoms with van der Waals surface area (Å²) in [7, 11) is -9.15. The van der Waals surface area contributed by atoms with Crippen molar-refractivity contribution in [2.24, 2.45) is 10.2 Å². The number of azo groups is 1. The Balaban J connectivity index is 2.11. The van der Waals surface area contributed by atoms with Crippen LogP contribution < -0.4 is 5.56 Å². The molecule has 0 aliphatic rings. The molecule has 1 aromatic heterocycles. The van der Waals surface area contributed by atoms with Crippen molar-refractivity contribution >= 4 is 43.2 Å². The van der Waals surface area contributed by atoms with Crippen LogP contribution in [-0.4, -0.2) is 35.7 Å². The van der Waals surface area contributed by atoms with Crippen LogP contribution in [0, 0.1) is 13.8 Å². The molecule has 0 radical (unpaired) electrons. The van der Waals surface area contributed by atoms with E-state index in [2.05, 4.69) is 15.3 Å². The summed E-state index contributed by atoms with van der Waals surface area (Å²) in [5.41, 5.74) is -0.327. The average Bonchev–Trinajstić information content (AvgIpc) is 2.95. The van der Waals surface area contributed by atoms with Gasteiger partial charge in [0, 0.05) is 5.02 Å². The predicted octanol–water partition coefficient (Wildman–Crippen LogP) is 3.34. The lowest BCUT2D eigenvalue weighted by molar-refractivity contribution is 0.481. The van der Waals surface area contributed by atoms with Crippen molar-refractivity contribution in [3.8, 4) is 5.69 Å². The molecular weight excluding hydrogens is 472 g/mol. The van der Waals surface area contributed by atoms with Crippen molar-refractivity contribution in [1.29, 1.82) is 0 Å². The molecule has 2 aromatic carbocycles. The van der Waals surface area contributed by atoms with Crippen LogP contribution in [0.25, 0.3) is 5.69 Å². The molecule has 0 atom stereocenters. The summed E-state index contributed by atoms with van der Waals surface area (Å²) in [5, 5.41) is 10.4. The fourth-order valence-electron chi connectivity index (χ4n) is 2.66. The van der Waals surface area contributed by atoms with Crippen molar-refractivity contribution < 1.29 is 25.9 Å². The number of hydrogen-bond acceptors (Lipinski definition) is 7. The van der Waals surface area contributed by atoms with Gasteiger partial charge < -0.3 is 0 Å². The Labute approximate surface area is 181 Å². The minimum Gasteiger partial charge on any atom is -0.293 e. The molecule has 11 nitrogen and oxygen atoms in total. The molecule has 3 aromatic rings. The Morgan fingerprint density at radius 1 is 1.00 bits per heavy atom. The molecule has 0 aliphatic heterocycles. The Morgan fingerprint density at radius 2 is 1.68 bits per heavy atom. The Morgan fingerprint density at radius 3 is 2.29 bits per heavy atom. The van der Waals surface area contributed by atoms with Crippen LogP contribution in [0.5, 0.6) is 0 Å². The number of halogens is 1. The van der Waals surface area contributed by atoms with Crippen molar-refractivity contribution in [3.63, 3.8) is 0 Å².